The molecule has 3 heterocycles. The zero-order valence-electron chi connectivity index (χ0n) is 12.0. The van der Waals surface area contributed by atoms with Crippen molar-refractivity contribution >= 4 is 11.6 Å². The number of fused-ring (bicyclic) bond motifs is 1. The fourth-order valence-electron chi connectivity index (χ4n) is 2.20. The van der Waals surface area contributed by atoms with Gasteiger partial charge in [-0.05, 0) is 31.2 Å². The van der Waals surface area contributed by atoms with E-state index < -0.39 is 5.91 Å². The number of hydrogen-bond donors (Lipinski definition) is 2. The van der Waals surface area contributed by atoms with Gasteiger partial charge in [-0.15, -0.1) is 10.2 Å². The number of carbonyl (C=O) groups is 1. The molecule has 7 nitrogen and oxygen atoms in total. The van der Waals surface area contributed by atoms with Gasteiger partial charge in [-0.25, -0.2) is 0 Å². The van der Waals surface area contributed by atoms with Crippen LogP contribution < -0.4 is 10.9 Å². The topological polar surface area (TPSA) is 92.2 Å². The molecule has 3 aromatic heterocycles. The van der Waals surface area contributed by atoms with Crippen LogP contribution in [-0.4, -0.2) is 32.0 Å². The highest BCUT2D eigenvalue weighted by Gasteiger charge is 2.10. The zero-order valence-corrected chi connectivity index (χ0v) is 12.0. The average Bonchev–Trinajstić information content (AvgIpc) is 2.90. The molecule has 0 radical (unpaired) electrons. The Morgan fingerprint density at radius 2 is 2.14 bits per heavy atom. The van der Waals surface area contributed by atoms with Crippen molar-refractivity contribution in [3.63, 3.8) is 0 Å². The Bertz CT molecular complexity index is 881. The quantitative estimate of drug-likeness (QED) is 0.741. The third-order valence-corrected chi connectivity index (χ3v) is 3.32. The minimum absolute atomic E-state index is 0.108. The van der Waals surface area contributed by atoms with Gasteiger partial charge in [-0.3, -0.25) is 14.0 Å². The first-order valence-corrected chi connectivity index (χ1v) is 6.92. The number of amides is 1. The Kier molecular flexibility index (Phi) is 3.69. The molecule has 0 bridgehead atoms. The summed E-state index contributed by atoms with van der Waals surface area (Å²) in [5, 5.41) is 10.9. The van der Waals surface area contributed by atoms with Crippen molar-refractivity contribution in [3.8, 4) is 0 Å². The predicted molar refractivity (Wildman–Crippen MR) is 80.8 cm³/mol. The van der Waals surface area contributed by atoms with E-state index in [4.69, 9.17) is 0 Å². The molecule has 0 saturated heterocycles. The molecule has 0 aromatic carbocycles. The number of nitrogens with one attached hydrogen (secondary N) is 2. The zero-order chi connectivity index (χ0) is 15.5. The number of nitrogens with zero attached hydrogens (tertiary/aromatic N) is 3. The molecule has 0 aliphatic rings. The molecule has 3 aromatic rings. The van der Waals surface area contributed by atoms with E-state index >= 15 is 0 Å². The van der Waals surface area contributed by atoms with E-state index in [0.717, 1.165) is 17.2 Å². The summed E-state index contributed by atoms with van der Waals surface area (Å²) in [7, 11) is 0. The lowest BCUT2D eigenvalue weighted by molar-refractivity contribution is 0.0952. The maximum Gasteiger partial charge on any atom is 0.260 e. The largest absolute Gasteiger partial charge is 0.351 e. The number of pyridine rings is 2. The molecule has 0 aliphatic heterocycles. The van der Waals surface area contributed by atoms with E-state index in [9.17, 15) is 9.59 Å². The third-order valence-electron chi connectivity index (χ3n) is 3.32. The summed E-state index contributed by atoms with van der Waals surface area (Å²) >= 11 is 0. The Morgan fingerprint density at radius 1 is 1.27 bits per heavy atom. The summed E-state index contributed by atoms with van der Waals surface area (Å²) in [6, 6.07) is 8.86. The Morgan fingerprint density at radius 3 is 2.95 bits per heavy atom. The smallest absolute Gasteiger partial charge is 0.260 e. The first kappa shape index (κ1) is 14.0. The van der Waals surface area contributed by atoms with E-state index in [0.29, 0.717) is 13.0 Å². The third kappa shape index (κ3) is 2.73. The maximum absolute atomic E-state index is 12.0. The Labute approximate surface area is 126 Å². The highest BCUT2D eigenvalue weighted by Crippen LogP contribution is 2.03. The van der Waals surface area contributed by atoms with Crippen molar-refractivity contribution in [2.24, 2.45) is 0 Å². The molecule has 0 unspecified atom stereocenters. The summed E-state index contributed by atoms with van der Waals surface area (Å²) in [5.74, 6) is 0.365. The van der Waals surface area contributed by atoms with E-state index in [1.165, 1.54) is 6.07 Å². The van der Waals surface area contributed by atoms with Crippen LogP contribution in [0.25, 0.3) is 5.65 Å². The normalized spacial score (nSPS) is 10.8. The van der Waals surface area contributed by atoms with Gasteiger partial charge >= 0.3 is 0 Å². The minimum Gasteiger partial charge on any atom is -0.351 e. The van der Waals surface area contributed by atoms with Crippen LogP contribution in [0.3, 0.4) is 0 Å². The van der Waals surface area contributed by atoms with Gasteiger partial charge in [0, 0.05) is 24.9 Å². The van der Waals surface area contributed by atoms with Crippen LogP contribution in [0.2, 0.25) is 0 Å². The lowest BCUT2D eigenvalue weighted by atomic mass is 10.2. The number of aromatic amines is 1. The lowest BCUT2D eigenvalue weighted by Gasteiger charge is -2.04. The Balaban J connectivity index is 1.65. The van der Waals surface area contributed by atoms with E-state index in [-0.39, 0.29) is 11.1 Å². The molecule has 0 spiro atoms. The minimum atomic E-state index is -0.393. The van der Waals surface area contributed by atoms with Crippen LogP contribution in [0.15, 0.2) is 41.3 Å². The number of aromatic nitrogens is 4. The average molecular weight is 297 g/mol. The van der Waals surface area contributed by atoms with Gasteiger partial charge in [-0.2, -0.15) is 0 Å². The highest BCUT2D eigenvalue weighted by molar-refractivity contribution is 5.93. The van der Waals surface area contributed by atoms with Crippen molar-refractivity contribution in [1.29, 1.82) is 0 Å². The molecule has 2 N–H and O–H groups in total. The van der Waals surface area contributed by atoms with Gasteiger partial charge in [0.15, 0.2) is 5.65 Å². The number of H-pyrrole nitrogens is 1. The summed E-state index contributed by atoms with van der Waals surface area (Å²) in [4.78, 5) is 26.3. The number of aryl methyl sites for hydroxylation is 1. The molecule has 112 valence electrons. The van der Waals surface area contributed by atoms with Crippen LogP contribution in [0.5, 0.6) is 0 Å². The fourth-order valence-corrected chi connectivity index (χ4v) is 2.20. The lowest BCUT2D eigenvalue weighted by Crippen LogP contribution is -2.31. The molecule has 0 atom stereocenters. The van der Waals surface area contributed by atoms with Gasteiger partial charge in [0.05, 0.1) is 0 Å². The van der Waals surface area contributed by atoms with Crippen molar-refractivity contribution < 1.29 is 4.79 Å². The number of carbonyl (C=O) groups excluding carboxylic acids is 1. The van der Waals surface area contributed by atoms with Crippen LogP contribution in [-0.2, 0) is 6.42 Å². The van der Waals surface area contributed by atoms with E-state index in [1.54, 1.807) is 13.0 Å². The highest BCUT2D eigenvalue weighted by atomic mass is 16.2. The molecule has 0 fully saturated rings. The summed E-state index contributed by atoms with van der Waals surface area (Å²) in [6.07, 6.45) is 2.40. The molecule has 7 heteroatoms. The summed E-state index contributed by atoms with van der Waals surface area (Å²) in [6.45, 7) is 2.14. The first-order valence-electron chi connectivity index (χ1n) is 6.92. The molecule has 3 rings (SSSR count). The number of hydrogen-bond acceptors (Lipinski definition) is 4. The van der Waals surface area contributed by atoms with Gasteiger partial charge < -0.3 is 10.3 Å². The SMILES string of the molecule is Cc1ccc(C(=O)NCCc2nnc3ccccn23)c(=O)[nH]1. The standard InChI is InChI=1S/C15H15N5O2/c1-10-5-6-11(15(22)17-10)14(21)16-8-7-13-19-18-12-4-2-3-9-20(12)13/h2-6,9H,7-8H2,1H3,(H,16,21)(H,17,22). The predicted octanol–water partition coefficient (Wildman–Crippen LogP) is 0.699. The molecule has 1 amide bonds. The van der Waals surface area contributed by atoms with Crippen molar-refractivity contribution in [2.45, 2.75) is 13.3 Å². The van der Waals surface area contributed by atoms with Crippen LogP contribution in [0.1, 0.15) is 21.9 Å². The van der Waals surface area contributed by atoms with Gasteiger partial charge in [-0.1, -0.05) is 6.07 Å². The van der Waals surface area contributed by atoms with Gasteiger partial charge in [0.1, 0.15) is 11.4 Å². The molecule has 0 aliphatic carbocycles. The van der Waals surface area contributed by atoms with E-state index in [2.05, 4.69) is 20.5 Å². The van der Waals surface area contributed by atoms with Crippen molar-refractivity contribution in [3.05, 3.63) is 64.0 Å². The summed E-state index contributed by atoms with van der Waals surface area (Å²) in [5.41, 5.74) is 1.21. The molecular weight excluding hydrogens is 282 g/mol. The molecular formula is C15H15N5O2. The summed E-state index contributed by atoms with van der Waals surface area (Å²) < 4.78 is 1.87. The fraction of sp³-hybridized carbons (Fsp3) is 0.200. The second-order valence-electron chi connectivity index (χ2n) is 4.94. The maximum atomic E-state index is 12.0. The molecule has 0 saturated carbocycles. The number of rotatable bonds is 4. The van der Waals surface area contributed by atoms with Gasteiger partial charge in [0.2, 0.25) is 0 Å². The second-order valence-corrected chi connectivity index (χ2v) is 4.94. The molecule has 22 heavy (non-hydrogen) atoms. The van der Waals surface area contributed by atoms with Gasteiger partial charge in [0.25, 0.3) is 11.5 Å². The van der Waals surface area contributed by atoms with Crippen molar-refractivity contribution in [2.75, 3.05) is 6.54 Å². The first-order chi connectivity index (χ1) is 10.6. The van der Waals surface area contributed by atoms with E-state index in [1.807, 2.05) is 28.8 Å². The van der Waals surface area contributed by atoms with Crippen LogP contribution in [0.4, 0.5) is 0 Å². The monoisotopic (exact) mass is 297 g/mol. The van der Waals surface area contributed by atoms with Crippen LogP contribution in [0, 0.1) is 6.92 Å². The Hall–Kier alpha value is -2.96. The van der Waals surface area contributed by atoms with Crippen molar-refractivity contribution in [1.82, 2.24) is 24.9 Å². The van der Waals surface area contributed by atoms with Crippen LogP contribution >= 0.6 is 0 Å². The second kappa shape index (κ2) is 5.80.